The second-order valence-electron chi connectivity index (χ2n) is 8.00. The normalized spacial score (nSPS) is 11.4. The lowest BCUT2D eigenvalue weighted by Crippen LogP contribution is -2.32. The van der Waals surface area contributed by atoms with Gasteiger partial charge in [-0.05, 0) is 48.0 Å². The zero-order chi connectivity index (χ0) is 26.0. The highest BCUT2D eigenvalue weighted by atomic mass is 32.2. The average molecular weight is 516 g/mol. The van der Waals surface area contributed by atoms with Crippen LogP contribution in [0.1, 0.15) is 15.9 Å². The summed E-state index contributed by atoms with van der Waals surface area (Å²) < 4.78 is 35.9. The molecule has 186 valence electrons. The van der Waals surface area contributed by atoms with Crippen molar-refractivity contribution in [1.29, 1.82) is 0 Å². The van der Waals surface area contributed by atoms with E-state index in [4.69, 9.17) is 4.74 Å². The number of benzene rings is 2. The van der Waals surface area contributed by atoms with Gasteiger partial charge in [0.05, 0.1) is 41.5 Å². The van der Waals surface area contributed by atoms with Gasteiger partial charge in [-0.2, -0.15) is 5.10 Å². The van der Waals surface area contributed by atoms with Crippen molar-refractivity contribution in [2.24, 2.45) is 0 Å². The Morgan fingerprint density at radius 2 is 1.76 bits per heavy atom. The third-order valence-electron chi connectivity index (χ3n) is 5.75. The van der Waals surface area contributed by atoms with Crippen molar-refractivity contribution in [3.63, 3.8) is 0 Å². The monoisotopic (exact) mass is 515 g/mol. The maximum atomic E-state index is 14.1. The van der Waals surface area contributed by atoms with Crippen LogP contribution in [0.2, 0.25) is 0 Å². The van der Waals surface area contributed by atoms with Gasteiger partial charge >= 0.3 is 5.97 Å². The Bertz CT molecular complexity index is 1670. The topological polar surface area (TPSA) is 128 Å². The molecule has 0 saturated heterocycles. The van der Waals surface area contributed by atoms with Crippen LogP contribution in [0, 0.1) is 0 Å². The summed E-state index contributed by atoms with van der Waals surface area (Å²) in [6, 6.07) is 18.4. The van der Waals surface area contributed by atoms with Crippen molar-refractivity contribution < 1.29 is 23.1 Å². The van der Waals surface area contributed by atoms with Crippen LogP contribution >= 0.6 is 0 Å². The Morgan fingerprint density at radius 3 is 2.41 bits per heavy atom. The molecule has 0 amide bonds. The van der Waals surface area contributed by atoms with E-state index >= 15 is 0 Å². The van der Waals surface area contributed by atoms with Crippen molar-refractivity contribution in [3.05, 3.63) is 103 Å². The molecule has 0 aliphatic heterocycles. The minimum absolute atomic E-state index is 0.0334. The number of methoxy groups -OCH3 is 1. The number of nitrogens with zero attached hydrogens (tertiary/aromatic N) is 5. The minimum Gasteiger partial charge on any atom is -0.497 e. The fourth-order valence-corrected chi connectivity index (χ4v) is 5.46. The Morgan fingerprint density at radius 1 is 1.00 bits per heavy atom. The maximum Gasteiger partial charge on any atom is 0.339 e. The van der Waals surface area contributed by atoms with Crippen molar-refractivity contribution in [2.75, 3.05) is 11.4 Å². The molecule has 1 N–H and O–H groups in total. The predicted molar refractivity (Wildman–Crippen MR) is 136 cm³/mol. The summed E-state index contributed by atoms with van der Waals surface area (Å²) in [7, 11) is -2.78. The molecular formula is C26H21N5O5S. The molecule has 0 fully saturated rings. The summed E-state index contributed by atoms with van der Waals surface area (Å²) >= 11 is 0. The molecule has 37 heavy (non-hydrogen) atoms. The highest BCUT2D eigenvalue weighted by Crippen LogP contribution is 2.36. The van der Waals surface area contributed by atoms with E-state index in [-0.39, 0.29) is 28.1 Å². The van der Waals surface area contributed by atoms with Gasteiger partial charge in [-0.1, -0.05) is 24.3 Å². The molecule has 0 spiro atoms. The molecule has 3 aromatic heterocycles. The molecule has 0 aliphatic carbocycles. The summed E-state index contributed by atoms with van der Waals surface area (Å²) in [5.74, 6) is -0.836. The number of aromatic carboxylic acids is 1. The second kappa shape index (κ2) is 9.70. The highest BCUT2D eigenvalue weighted by Gasteiger charge is 2.32. The van der Waals surface area contributed by atoms with Gasteiger partial charge in [0.2, 0.25) is 0 Å². The number of rotatable bonds is 8. The summed E-state index contributed by atoms with van der Waals surface area (Å²) in [6.45, 7) is -0.169. The Kier molecular flexibility index (Phi) is 6.28. The molecule has 3 heterocycles. The SMILES string of the molecule is COc1ccc(S(=O)(=O)N(Cc2cccnc2)c2c(C(=O)O)cnc3c2cnn3-c2ccccc2)cc1. The molecular weight excluding hydrogens is 494 g/mol. The van der Waals surface area contributed by atoms with Crippen LogP contribution in [0.15, 0.2) is 96.4 Å². The number of hydrogen-bond acceptors (Lipinski definition) is 7. The van der Waals surface area contributed by atoms with Gasteiger partial charge in [0, 0.05) is 18.6 Å². The quantitative estimate of drug-likeness (QED) is 0.329. The van der Waals surface area contributed by atoms with Crippen LogP contribution in [-0.4, -0.2) is 46.4 Å². The number of carboxylic acids is 1. The lowest BCUT2D eigenvalue weighted by atomic mass is 10.1. The van der Waals surface area contributed by atoms with E-state index in [2.05, 4.69) is 15.1 Å². The number of anilines is 1. The van der Waals surface area contributed by atoms with Crippen LogP contribution < -0.4 is 9.04 Å². The molecule has 0 aliphatic rings. The Hall–Kier alpha value is -4.77. The van der Waals surface area contributed by atoms with Gasteiger partial charge in [-0.25, -0.2) is 22.9 Å². The number of sulfonamides is 1. The van der Waals surface area contributed by atoms with Crippen LogP contribution in [0.25, 0.3) is 16.7 Å². The molecule has 11 heteroatoms. The average Bonchev–Trinajstić information content (AvgIpc) is 3.36. The van der Waals surface area contributed by atoms with Gasteiger partial charge in [0.1, 0.15) is 11.3 Å². The summed E-state index contributed by atoms with van der Waals surface area (Å²) in [6.07, 6.45) is 5.68. The molecule has 2 aromatic carbocycles. The van der Waals surface area contributed by atoms with Gasteiger partial charge in [0.15, 0.2) is 5.65 Å². The number of para-hydroxylation sites is 1. The Balaban J connectivity index is 1.77. The van der Waals surface area contributed by atoms with Crippen LogP contribution in [-0.2, 0) is 16.6 Å². The van der Waals surface area contributed by atoms with Crippen molar-refractivity contribution in [2.45, 2.75) is 11.4 Å². The first-order chi connectivity index (χ1) is 17.9. The van der Waals surface area contributed by atoms with E-state index in [9.17, 15) is 18.3 Å². The minimum atomic E-state index is -4.26. The van der Waals surface area contributed by atoms with E-state index in [1.165, 1.54) is 48.5 Å². The third kappa shape index (κ3) is 4.47. The van der Waals surface area contributed by atoms with E-state index in [1.807, 2.05) is 30.3 Å². The van der Waals surface area contributed by atoms with Gasteiger partial charge in [0.25, 0.3) is 10.0 Å². The fourth-order valence-electron chi connectivity index (χ4n) is 3.97. The molecule has 5 aromatic rings. The first-order valence-electron chi connectivity index (χ1n) is 11.1. The predicted octanol–water partition coefficient (Wildman–Crippen LogP) is 3.92. The second-order valence-corrected chi connectivity index (χ2v) is 9.87. The number of fused-ring (bicyclic) bond motifs is 1. The van der Waals surface area contributed by atoms with Gasteiger partial charge in [-0.15, -0.1) is 0 Å². The van der Waals surface area contributed by atoms with Crippen LogP contribution in [0.3, 0.4) is 0 Å². The molecule has 0 radical (unpaired) electrons. The number of carbonyl (C=O) groups is 1. The highest BCUT2D eigenvalue weighted by molar-refractivity contribution is 7.92. The zero-order valence-corrected chi connectivity index (χ0v) is 20.4. The first-order valence-corrected chi connectivity index (χ1v) is 12.6. The number of pyridine rings is 2. The van der Waals surface area contributed by atoms with E-state index in [0.717, 1.165) is 10.5 Å². The lowest BCUT2D eigenvalue weighted by Gasteiger charge is -2.26. The number of carboxylic acid groups (broad SMARTS) is 1. The van der Waals surface area contributed by atoms with Gasteiger partial charge < -0.3 is 9.84 Å². The maximum absolute atomic E-state index is 14.1. The van der Waals surface area contributed by atoms with Crippen LogP contribution in [0.5, 0.6) is 5.75 Å². The smallest absolute Gasteiger partial charge is 0.339 e. The van der Waals surface area contributed by atoms with Crippen molar-refractivity contribution in [1.82, 2.24) is 19.7 Å². The molecule has 5 rings (SSSR count). The molecule has 0 bridgehead atoms. The van der Waals surface area contributed by atoms with Gasteiger partial charge in [-0.3, -0.25) is 9.29 Å². The number of aromatic nitrogens is 4. The standard InChI is InChI=1S/C26H21N5O5S/c1-36-20-9-11-21(12-10-20)37(34,35)30(17-18-6-5-13-27-14-18)24-22-16-29-31(19-7-3-2-4-8-19)25(22)28-15-23(24)26(32)33/h2-16H,17H2,1H3,(H,32,33). The van der Waals surface area contributed by atoms with E-state index in [1.54, 1.807) is 18.3 Å². The fraction of sp³-hybridized carbons (Fsp3) is 0.0769. The largest absolute Gasteiger partial charge is 0.497 e. The Labute approximate surface area is 212 Å². The molecule has 0 unspecified atom stereocenters. The third-order valence-corrected chi connectivity index (χ3v) is 7.51. The summed E-state index contributed by atoms with van der Waals surface area (Å²) in [5.41, 5.74) is 1.25. The van der Waals surface area contributed by atoms with Crippen LogP contribution in [0.4, 0.5) is 5.69 Å². The molecule has 0 atom stereocenters. The lowest BCUT2D eigenvalue weighted by molar-refractivity contribution is 0.0697. The molecule has 0 saturated carbocycles. The summed E-state index contributed by atoms with van der Waals surface area (Å²) in [4.78, 5) is 20.7. The first kappa shape index (κ1) is 23.9. The zero-order valence-electron chi connectivity index (χ0n) is 19.6. The van der Waals surface area contributed by atoms with Crippen molar-refractivity contribution >= 4 is 32.7 Å². The van der Waals surface area contributed by atoms with Crippen molar-refractivity contribution in [3.8, 4) is 11.4 Å². The van der Waals surface area contributed by atoms with E-state index in [0.29, 0.717) is 22.6 Å². The van der Waals surface area contributed by atoms with E-state index < -0.39 is 16.0 Å². The number of hydrogen-bond donors (Lipinski definition) is 1. The number of ether oxygens (including phenoxy) is 1. The molecule has 10 nitrogen and oxygen atoms in total. The summed E-state index contributed by atoms with van der Waals surface area (Å²) in [5, 5.41) is 14.7.